The van der Waals surface area contributed by atoms with E-state index in [1.54, 1.807) is 13.1 Å². The van der Waals surface area contributed by atoms with E-state index in [1.807, 2.05) is 0 Å². The standard InChI is InChI=1S/C11H10F3N3S2/c1-15-9-16-17-10(19-9)18-6-7-3-2-4-8(5-7)11(12,13)14/h2-5H,6H2,1H3,(H,15,16). The van der Waals surface area contributed by atoms with E-state index in [2.05, 4.69) is 15.5 Å². The molecule has 0 saturated heterocycles. The second-order valence-corrected chi connectivity index (χ2v) is 5.81. The number of aromatic nitrogens is 2. The molecule has 1 aromatic carbocycles. The van der Waals surface area contributed by atoms with Crippen molar-refractivity contribution in [3.05, 3.63) is 35.4 Å². The van der Waals surface area contributed by atoms with Crippen molar-refractivity contribution in [2.45, 2.75) is 16.3 Å². The van der Waals surface area contributed by atoms with Gasteiger partial charge in [0.05, 0.1) is 5.56 Å². The molecule has 2 aromatic rings. The van der Waals surface area contributed by atoms with Gasteiger partial charge in [0.1, 0.15) is 0 Å². The smallest absolute Gasteiger partial charge is 0.363 e. The number of rotatable bonds is 4. The van der Waals surface area contributed by atoms with Crippen LogP contribution in [-0.2, 0) is 11.9 Å². The van der Waals surface area contributed by atoms with Crippen LogP contribution in [0.5, 0.6) is 0 Å². The number of thioether (sulfide) groups is 1. The predicted molar refractivity (Wildman–Crippen MR) is 70.5 cm³/mol. The molecular weight excluding hydrogens is 295 g/mol. The summed E-state index contributed by atoms with van der Waals surface area (Å²) < 4.78 is 38.4. The average Bonchev–Trinajstić information content (AvgIpc) is 2.84. The van der Waals surface area contributed by atoms with Crippen LogP contribution in [0.1, 0.15) is 11.1 Å². The minimum Gasteiger partial charge on any atom is -0.363 e. The Morgan fingerprint density at radius 1 is 1.32 bits per heavy atom. The van der Waals surface area contributed by atoms with Crippen molar-refractivity contribution in [1.82, 2.24) is 10.2 Å². The zero-order chi connectivity index (χ0) is 13.9. The minimum absolute atomic E-state index is 0.433. The second kappa shape index (κ2) is 5.79. The third-order valence-electron chi connectivity index (χ3n) is 2.24. The molecule has 0 unspecified atom stereocenters. The van der Waals surface area contributed by atoms with Crippen molar-refractivity contribution in [1.29, 1.82) is 0 Å². The molecule has 0 amide bonds. The molecular formula is C11H10F3N3S2. The quantitative estimate of drug-likeness (QED) is 0.870. The maximum Gasteiger partial charge on any atom is 0.416 e. The van der Waals surface area contributed by atoms with E-state index < -0.39 is 11.7 Å². The van der Waals surface area contributed by atoms with Gasteiger partial charge in [0, 0.05) is 12.8 Å². The fourth-order valence-electron chi connectivity index (χ4n) is 1.35. The predicted octanol–water partition coefficient (Wildman–Crippen LogP) is 3.89. The summed E-state index contributed by atoms with van der Waals surface area (Å²) in [4.78, 5) is 0. The van der Waals surface area contributed by atoms with Gasteiger partial charge in [-0.25, -0.2) is 0 Å². The number of alkyl halides is 3. The molecule has 1 aromatic heterocycles. The first-order valence-electron chi connectivity index (χ1n) is 5.29. The number of anilines is 1. The van der Waals surface area contributed by atoms with E-state index in [1.165, 1.54) is 29.2 Å². The summed E-state index contributed by atoms with van der Waals surface area (Å²) in [5.41, 5.74) is -0.0141. The topological polar surface area (TPSA) is 37.8 Å². The number of nitrogens with zero attached hydrogens (tertiary/aromatic N) is 2. The van der Waals surface area contributed by atoms with Crippen LogP contribution < -0.4 is 5.32 Å². The fraction of sp³-hybridized carbons (Fsp3) is 0.273. The molecule has 8 heteroatoms. The summed E-state index contributed by atoms with van der Waals surface area (Å²) in [6.07, 6.45) is -4.30. The van der Waals surface area contributed by atoms with E-state index >= 15 is 0 Å². The van der Waals surface area contributed by atoms with Crippen molar-refractivity contribution in [3.8, 4) is 0 Å². The van der Waals surface area contributed by atoms with Crippen LogP contribution in [0.3, 0.4) is 0 Å². The van der Waals surface area contributed by atoms with Gasteiger partial charge in [0.2, 0.25) is 5.13 Å². The lowest BCUT2D eigenvalue weighted by atomic mass is 10.1. The highest BCUT2D eigenvalue weighted by Crippen LogP contribution is 2.32. The third-order valence-corrected chi connectivity index (χ3v) is 4.38. The second-order valence-electron chi connectivity index (χ2n) is 3.61. The van der Waals surface area contributed by atoms with Gasteiger partial charge in [0.15, 0.2) is 4.34 Å². The summed E-state index contributed by atoms with van der Waals surface area (Å²) >= 11 is 2.74. The Kier molecular flexibility index (Phi) is 4.31. The summed E-state index contributed by atoms with van der Waals surface area (Å²) in [6.45, 7) is 0. The first-order chi connectivity index (χ1) is 8.99. The Bertz CT molecular complexity index is 554. The highest BCUT2D eigenvalue weighted by molar-refractivity contribution is 8.00. The lowest BCUT2D eigenvalue weighted by Crippen LogP contribution is -2.04. The van der Waals surface area contributed by atoms with Gasteiger partial charge in [-0.2, -0.15) is 13.2 Å². The maximum absolute atomic E-state index is 12.5. The van der Waals surface area contributed by atoms with Gasteiger partial charge >= 0.3 is 6.18 Å². The Balaban J connectivity index is 2.03. The van der Waals surface area contributed by atoms with Gasteiger partial charge in [-0.1, -0.05) is 41.3 Å². The van der Waals surface area contributed by atoms with E-state index in [0.717, 1.165) is 16.5 Å². The van der Waals surface area contributed by atoms with Crippen LogP contribution >= 0.6 is 23.1 Å². The molecule has 102 valence electrons. The molecule has 2 rings (SSSR count). The number of benzene rings is 1. The van der Waals surface area contributed by atoms with E-state index in [0.29, 0.717) is 16.4 Å². The largest absolute Gasteiger partial charge is 0.416 e. The first-order valence-corrected chi connectivity index (χ1v) is 7.09. The SMILES string of the molecule is CNc1nnc(SCc2cccc(C(F)(F)F)c2)s1. The van der Waals surface area contributed by atoms with Crippen molar-refractivity contribution >= 4 is 28.2 Å². The average molecular weight is 305 g/mol. The Labute approximate surface area is 116 Å². The lowest BCUT2D eigenvalue weighted by Gasteiger charge is -2.07. The molecule has 0 spiro atoms. The Morgan fingerprint density at radius 2 is 2.11 bits per heavy atom. The highest BCUT2D eigenvalue weighted by Gasteiger charge is 2.30. The molecule has 0 aliphatic carbocycles. The molecule has 0 atom stereocenters. The summed E-state index contributed by atoms with van der Waals surface area (Å²) in [6, 6.07) is 5.31. The van der Waals surface area contributed by atoms with Crippen molar-refractivity contribution in [2.24, 2.45) is 0 Å². The molecule has 0 bridgehead atoms. The molecule has 3 nitrogen and oxygen atoms in total. The molecule has 0 radical (unpaired) electrons. The van der Waals surface area contributed by atoms with Crippen molar-refractivity contribution in [3.63, 3.8) is 0 Å². The van der Waals surface area contributed by atoms with E-state index in [-0.39, 0.29) is 0 Å². The number of hydrogen-bond donors (Lipinski definition) is 1. The number of halogens is 3. The van der Waals surface area contributed by atoms with Crippen molar-refractivity contribution < 1.29 is 13.2 Å². The molecule has 0 aliphatic heterocycles. The van der Waals surface area contributed by atoms with Gasteiger partial charge in [-0.05, 0) is 11.6 Å². The molecule has 0 saturated carbocycles. The summed E-state index contributed by atoms with van der Waals surface area (Å²) in [5.74, 6) is 0.433. The first kappa shape index (κ1) is 14.1. The monoisotopic (exact) mass is 305 g/mol. The zero-order valence-electron chi connectivity index (χ0n) is 9.86. The lowest BCUT2D eigenvalue weighted by molar-refractivity contribution is -0.137. The molecule has 1 N–H and O–H groups in total. The van der Waals surface area contributed by atoms with Gasteiger partial charge in [-0.15, -0.1) is 10.2 Å². The molecule has 1 heterocycles. The van der Waals surface area contributed by atoms with Crippen LogP contribution in [-0.4, -0.2) is 17.2 Å². The van der Waals surface area contributed by atoms with Crippen LogP contribution in [0.4, 0.5) is 18.3 Å². The highest BCUT2D eigenvalue weighted by atomic mass is 32.2. The number of hydrogen-bond acceptors (Lipinski definition) is 5. The van der Waals surface area contributed by atoms with Gasteiger partial charge in [0.25, 0.3) is 0 Å². The number of nitrogens with one attached hydrogen (secondary N) is 1. The molecule has 19 heavy (non-hydrogen) atoms. The third kappa shape index (κ3) is 3.84. The Hall–Kier alpha value is -1.28. The summed E-state index contributed by atoms with van der Waals surface area (Å²) in [5, 5.41) is 11.3. The van der Waals surface area contributed by atoms with E-state index in [9.17, 15) is 13.2 Å². The van der Waals surface area contributed by atoms with Crippen LogP contribution in [0.2, 0.25) is 0 Å². The minimum atomic E-state index is -4.30. The van der Waals surface area contributed by atoms with Crippen LogP contribution in [0.25, 0.3) is 0 Å². The Morgan fingerprint density at radius 3 is 2.74 bits per heavy atom. The molecule has 0 fully saturated rings. The fourth-order valence-corrected chi connectivity index (χ4v) is 3.00. The van der Waals surface area contributed by atoms with Gasteiger partial charge in [-0.3, -0.25) is 0 Å². The maximum atomic E-state index is 12.5. The van der Waals surface area contributed by atoms with Gasteiger partial charge < -0.3 is 5.32 Å². The van der Waals surface area contributed by atoms with Crippen molar-refractivity contribution in [2.75, 3.05) is 12.4 Å². The normalized spacial score (nSPS) is 11.6. The van der Waals surface area contributed by atoms with E-state index in [4.69, 9.17) is 0 Å². The van der Waals surface area contributed by atoms with Crippen LogP contribution in [0, 0.1) is 0 Å². The summed E-state index contributed by atoms with van der Waals surface area (Å²) in [7, 11) is 1.74. The zero-order valence-corrected chi connectivity index (χ0v) is 11.5. The molecule has 0 aliphatic rings. The van der Waals surface area contributed by atoms with Crippen LogP contribution in [0.15, 0.2) is 28.6 Å².